The third-order valence-corrected chi connectivity index (χ3v) is 7.33. The van der Waals surface area contributed by atoms with Crippen molar-refractivity contribution < 1.29 is 9.53 Å². The summed E-state index contributed by atoms with van der Waals surface area (Å²) in [5.74, 6) is 1.54. The van der Waals surface area contributed by atoms with E-state index in [0.29, 0.717) is 12.3 Å². The Kier molecular flexibility index (Phi) is 6.84. The lowest BCUT2D eigenvalue weighted by atomic mass is 9.88. The number of benzene rings is 2. The quantitative estimate of drug-likeness (QED) is 0.353. The number of imidazole rings is 1. The van der Waals surface area contributed by atoms with Crippen molar-refractivity contribution >= 4 is 11.6 Å². The number of hydrogen-bond acceptors (Lipinski definition) is 3. The van der Waals surface area contributed by atoms with E-state index in [1.807, 2.05) is 36.7 Å². The standard InChI is InChI=1S/C30H33N3O2/c1-22-8-7-15-33-28(21-31-30(22)33)27(25-11-6-12-26(19-25)35-2)20-29(34)32-16-13-24(14-17-32)18-23-9-4-3-5-10-23/h3-12,15,19,21,24,27H,13-14,16-18,20H2,1-2H3. The Balaban J connectivity index is 1.35. The van der Waals surface area contributed by atoms with Crippen molar-refractivity contribution in [1.82, 2.24) is 14.3 Å². The highest BCUT2D eigenvalue weighted by Crippen LogP contribution is 2.33. The van der Waals surface area contributed by atoms with Crippen molar-refractivity contribution in [2.24, 2.45) is 5.92 Å². The van der Waals surface area contributed by atoms with E-state index in [0.717, 1.165) is 60.6 Å². The number of nitrogens with zero attached hydrogens (tertiary/aromatic N) is 3. The Bertz CT molecular complexity index is 1290. The number of carbonyl (C=O) groups excluding carboxylic acids is 1. The Hall–Kier alpha value is -3.60. The maximum atomic E-state index is 13.6. The molecule has 0 saturated carbocycles. The zero-order valence-corrected chi connectivity index (χ0v) is 20.6. The Morgan fingerprint density at radius 1 is 1.06 bits per heavy atom. The van der Waals surface area contributed by atoms with Gasteiger partial charge in [-0.2, -0.15) is 0 Å². The van der Waals surface area contributed by atoms with Gasteiger partial charge in [-0.1, -0.05) is 48.5 Å². The third-order valence-electron chi connectivity index (χ3n) is 7.33. The monoisotopic (exact) mass is 467 g/mol. The van der Waals surface area contributed by atoms with Crippen LogP contribution in [0.25, 0.3) is 5.65 Å². The molecule has 35 heavy (non-hydrogen) atoms. The summed E-state index contributed by atoms with van der Waals surface area (Å²) in [5, 5.41) is 0. The first-order chi connectivity index (χ1) is 17.1. The van der Waals surface area contributed by atoms with Crippen LogP contribution >= 0.6 is 0 Å². The Labute approximate surface area is 207 Å². The predicted molar refractivity (Wildman–Crippen MR) is 139 cm³/mol. The first kappa shape index (κ1) is 23.2. The number of fused-ring (bicyclic) bond motifs is 1. The second kappa shape index (κ2) is 10.3. The van der Waals surface area contributed by atoms with Crippen LogP contribution in [-0.2, 0) is 11.2 Å². The highest BCUT2D eigenvalue weighted by molar-refractivity contribution is 5.78. The van der Waals surface area contributed by atoms with Crippen LogP contribution in [0.15, 0.2) is 79.1 Å². The molecule has 180 valence electrons. The van der Waals surface area contributed by atoms with Gasteiger partial charge in [0.1, 0.15) is 11.4 Å². The van der Waals surface area contributed by atoms with E-state index < -0.39 is 0 Å². The summed E-state index contributed by atoms with van der Waals surface area (Å²) in [4.78, 5) is 20.3. The highest BCUT2D eigenvalue weighted by atomic mass is 16.5. The average molecular weight is 468 g/mol. The van der Waals surface area contributed by atoms with Crippen LogP contribution in [0, 0.1) is 12.8 Å². The minimum atomic E-state index is -0.101. The lowest BCUT2D eigenvalue weighted by Gasteiger charge is -2.33. The van der Waals surface area contributed by atoms with Gasteiger partial charge in [-0.05, 0) is 67.0 Å². The van der Waals surface area contributed by atoms with Crippen LogP contribution in [0.5, 0.6) is 5.75 Å². The summed E-state index contributed by atoms with van der Waals surface area (Å²) in [6, 6.07) is 22.8. The van der Waals surface area contributed by atoms with Crippen molar-refractivity contribution in [1.29, 1.82) is 0 Å². The van der Waals surface area contributed by atoms with Gasteiger partial charge >= 0.3 is 0 Å². The molecule has 0 spiro atoms. The number of hydrogen-bond donors (Lipinski definition) is 0. The summed E-state index contributed by atoms with van der Waals surface area (Å²) < 4.78 is 7.62. The molecule has 1 fully saturated rings. The van der Waals surface area contributed by atoms with E-state index in [1.165, 1.54) is 5.56 Å². The zero-order valence-electron chi connectivity index (χ0n) is 20.6. The van der Waals surface area contributed by atoms with Gasteiger partial charge in [0.2, 0.25) is 5.91 Å². The van der Waals surface area contributed by atoms with Crippen molar-refractivity contribution in [2.45, 2.75) is 38.5 Å². The smallest absolute Gasteiger partial charge is 0.223 e. The van der Waals surface area contributed by atoms with Crippen molar-refractivity contribution in [2.75, 3.05) is 20.2 Å². The van der Waals surface area contributed by atoms with Crippen LogP contribution in [0.4, 0.5) is 0 Å². The maximum absolute atomic E-state index is 13.6. The second-order valence-corrected chi connectivity index (χ2v) is 9.62. The predicted octanol–water partition coefficient (Wildman–Crippen LogP) is 5.65. The van der Waals surface area contributed by atoms with Gasteiger partial charge in [-0.25, -0.2) is 4.98 Å². The van der Waals surface area contributed by atoms with Gasteiger partial charge in [-0.15, -0.1) is 0 Å². The lowest BCUT2D eigenvalue weighted by Crippen LogP contribution is -2.39. The average Bonchev–Trinajstić information content (AvgIpc) is 3.33. The number of carbonyl (C=O) groups is 1. The van der Waals surface area contributed by atoms with E-state index in [2.05, 4.69) is 63.7 Å². The summed E-state index contributed by atoms with van der Waals surface area (Å²) in [5.41, 5.74) is 5.54. The van der Waals surface area contributed by atoms with Crippen LogP contribution in [-0.4, -0.2) is 40.4 Å². The molecule has 1 amide bonds. The third kappa shape index (κ3) is 5.09. The minimum absolute atomic E-state index is 0.101. The van der Waals surface area contributed by atoms with E-state index in [-0.39, 0.29) is 11.8 Å². The fraction of sp³-hybridized carbons (Fsp3) is 0.333. The van der Waals surface area contributed by atoms with Crippen LogP contribution in [0.2, 0.25) is 0 Å². The van der Waals surface area contributed by atoms with Crippen LogP contribution in [0.1, 0.15) is 47.6 Å². The maximum Gasteiger partial charge on any atom is 0.223 e. The van der Waals surface area contributed by atoms with Crippen LogP contribution in [0.3, 0.4) is 0 Å². The molecule has 5 rings (SSSR count). The van der Waals surface area contributed by atoms with E-state index in [4.69, 9.17) is 4.74 Å². The minimum Gasteiger partial charge on any atom is -0.497 e. The Morgan fingerprint density at radius 3 is 2.63 bits per heavy atom. The number of amides is 1. The molecule has 5 heteroatoms. The van der Waals surface area contributed by atoms with E-state index >= 15 is 0 Å². The fourth-order valence-corrected chi connectivity index (χ4v) is 5.32. The zero-order chi connectivity index (χ0) is 24.2. The summed E-state index contributed by atoms with van der Waals surface area (Å²) in [7, 11) is 1.68. The van der Waals surface area contributed by atoms with E-state index in [1.54, 1.807) is 7.11 Å². The van der Waals surface area contributed by atoms with Gasteiger partial charge in [0.25, 0.3) is 0 Å². The number of likely N-dealkylation sites (tertiary alicyclic amines) is 1. The number of aryl methyl sites for hydroxylation is 1. The molecular formula is C30H33N3O2. The van der Waals surface area contributed by atoms with Crippen molar-refractivity contribution in [3.8, 4) is 5.75 Å². The molecule has 2 aromatic heterocycles. The number of pyridine rings is 1. The summed E-state index contributed by atoms with van der Waals surface area (Å²) in [6.45, 7) is 3.72. The molecule has 1 aliphatic rings. The van der Waals surface area contributed by atoms with Gasteiger partial charge in [-0.3, -0.25) is 4.79 Å². The number of piperidine rings is 1. The molecule has 0 radical (unpaired) electrons. The number of ether oxygens (including phenoxy) is 1. The highest BCUT2D eigenvalue weighted by Gasteiger charge is 2.28. The molecule has 0 N–H and O–H groups in total. The molecule has 5 nitrogen and oxygen atoms in total. The number of rotatable bonds is 7. The lowest BCUT2D eigenvalue weighted by molar-refractivity contribution is -0.132. The molecule has 1 aliphatic heterocycles. The molecule has 0 bridgehead atoms. The molecule has 2 aromatic carbocycles. The van der Waals surface area contributed by atoms with E-state index in [9.17, 15) is 4.79 Å². The largest absolute Gasteiger partial charge is 0.497 e. The summed E-state index contributed by atoms with van der Waals surface area (Å²) in [6.07, 6.45) is 7.58. The SMILES string of the molecule is COc1cccc(C(CC(=O)N2CCC(Cc3ccccc3)CC2)c2cnc3c(C)cccn23)c1. The number of methoxy groups -OCH3 is 1. The van der Waals surface area contributed by atoms with Gasteiger partial charge in [0.15, 0.2) is 0 Å². The second-order valence-electron chi connectivity index (χ2n) is 9.62. The first-order valence-electron chi connectivity index (χ1n) is 12.5. The Morgan fingerprint density at radius 2 is 1.86 bits per heavy atom. The van der Waals surface area contributed by atoms with Gasteiger partial charge < -0.3 is 14.0 Å². The van der Waals surface area contributed by atoms with Crippen molar-refractivity contribution in [3.05, 3.63) is 102 Å². The normalized spacial score (nSPS) is 15.3. The molecule has 1 atom stereocenters. The fourth-order valence-electron chi connectivity index (χ4n) is 5.32. The van der Waals surface area contributed by atoms with Gasteiger partial charge in [0, 0.05) is 37.8 Å². The van der Waals surface area contributed by atoms with Crippen LogP contribution < -0.4 is 4.74 Å². The molecule has 1 unspecified atom stereocenters. The number of aromatic nitrogens is 2. The molecule has 3 heterocycles. The summed E-state index contributed by atoms with van der Waals surface area (Å²) >= 11 is 0. The van der Waals surface area contributed by atoms with Gasteiger partial charge in [0.05, 0.1) is 12.8 Å². The molecule has 1 saturated heterocycles. The topological polar surface area (TPSA) is 46.8 Å². The van der Waals surface area contributed by atoms with Crippen molar-refractivity contribution in [3.63, 3.8) is 0 Å². The molecule has 4 aromatic rings. The molecule has 0 aliphatic carbocycles. The first-order valence-corrected chi connectivity index (χ1v) is 12.5. The molecular weight excluding hydrogens is 434 g/mol.